The molecule has 0 saturated carbocycles. The molecule has 0 aliphatic carbocycles. The number of hydrogen-bond donors (Lipinski definition) is 1. The van der Waals surface area contributed by atoms with Gasteiger partial charge < -0.3 is 5.73 Å². The average molecular weight is 231 g/mol. The normalized spacial score (nSPS) is 10.4. The first-order chi connectivity index (χ1) is 7.38. The smallest absolute Gasteiger partial charge is 0.221 e. The van der Waals surface area contributed by atoms with E-state index in [1.165, 1.54) is 0 Å². The Morgan fingerprint density at radius 3 is 2.50 bits per heavy atom. The van der Waals surface area contributed by atoms with Crippen LogP contribution in [0.4, 0.5) is 0 Å². The van der Waals surface area contributed by atoms with Crippen LogP contribution in [0.1, 0.15) is 11.1 Å². The summed E-state index contributed by atoms with van der Waals surface area (Å²) < 4.78 is 0. The summed E-state index contributed by atoms with van der Waals surface area (Å²) in [6.07, 6.45) is 0.260. The molecule has 0 unspecified atom stereocenters. The van der Waals surface area contributed by atoms with Crippen LogP contribution < -0.4 is 5.73 Å². The maximum absolute atomic E-state index is 10.9. The van der Waals surface area contributed by atoms with Crippen LogP contribution in [-0.2, 0) is 11.2 Å². The maximum atomic E-state index is 10.9. The Kier molecular flexibility index (Phi) is 3.91. The van der Waals surface area contributed by atoms with E-state index in [0.29, 0.717) is 0 Å². The molecule has 1 aromatic rings. The number of carbonyl (C=O) groups excluding carboxylic acids is 1. The van der Waals surface area contributed by atoms with Crippen LogP contribution in [0, 0.1) is 11.5 Å². The molecule has 84 valence electrons. The van der Waals surface area contributed by atoms with Gasteiger partial charge in [0.2, 0.25) is 5.91 Å². The fraction of sp³-hybridized carbons (Fsp3) is 0.308. The van der Waals surface area contributed by atoms with Crippen molar-refractivity contribution in [3.8, 4) is 11.5 Å². The molecule has 2 N–H and O–H groups in total. The average Bonchev–Trinajstić information content (AvgIpc) is 2.14. The molecule has 0 aromatic heterocycles. The number of carbonyl (C=O) groups is 1. The van der Waals surface area contributed by atoms with Gasteiger partial charge in [-0.05, 0) is 11.6 Å². The number of hydrogen-bond acceptors (Lipinski definition) is 1. The molecule has 1 amide bonds. The van der Waals surface area contributed by atoms with E-state index in [1.807, 2.05) is 24.3 Å². The summed E-state index contributed by atoms with van der Waals surface area (Å²) in [6.45, 7) is 6.57. The highest BCUT2D eigenvalue weighted by Crippen LogP contribution is 2.08. The van der Waals surface area contributed by atoms with E-state index in [1.54, 1.807) is 0 Å². The van der Waals surface area contributed by atoms with Gasteiger partial charge in [0.05, 0.1) is 6.42 Å². The van der Waals surface area contributed by atoms with E-state index >= 15 is 0 Å². The zero-order valence-electron chi connectivity index (χ0n) is 10.0. The minimum Gasteiger partial charge on any atom is -0.369 e. The summed E-state index contributed by atoms with van der Waals surface area (Å²) in [4.78, 5) is 10.9. The molecule has 2 nitrogen and oxygen atoms in total. The number of amides is 1. The summed E-state index contributed by atoms with van der Waals surface area (Å²) in [6, 6.07) is 7.67. The molecule has 1 rings (SSSR count). The van der Waals surface area contributed by atoms with E-state index < -0.39 is 8.07 Å². The van der Waals surface area contributed by atoms with Crippen molar-refractivity contribution in [1.29, 1.82) is 0 Å². The first kappa shape index (κ1) is 12.5. The molecule has 3 heteroatoms. The number of benzene rings is 1. The van der Waals surface area contributed by atoms with Crippen LogP contribution in [0.25, 0.3) is 0 Å². The third-order valence-electron chi connectivity index (χ3n) is 1.95. The Morgan fingerprint density at radius 2 is 1.94 bits per heavy atom. The highest BCUT2D eigenvalue weighted by molar-refractivity contribution is 6.83. The number of rotatable bonds is 2. The standard InChI is InChI=1S/C13H17NOSi/c1-16(2,3)9-8-11-6-4-5-7-12(11)10-13(14)15/h4-7H,10H2,1-3H3,(H2,14,15). The summed E-state index contributed by atoms with van der Waals surface area (Å²) in [7, 11) is -1.38. The molecule has 0 saturated heterocycles. The quantitative estimate of drug-likeness (QED) is 0.613. The van der Waals surface area contributed by atoms with Crippen molar-refractivity contribution in [3.63, 3.8) is 0 Å². The van der Waals surface area contributed by atoms with Crippen molar-refractivity contribution >= 4 is 14.0 Å². The van der Waals surface area contributed by atoms with E-state index in [-0.39, 0.29) is 12.3 Å². The van der Waals surface area contributed by atoms with Crippen LogP contribution in [0.2, 0.25) is 19.6 Å². The van der Waals surface area contributed by atoms with E-state index in [4.69, 9.17) is 5.73 Å². The molecule has 16 heavy (non-hydrogen) atoms. The summed E-state index contributed by atoms with van der Waals surface area (Å²) in [5.41, 5.74) is 10.3. The summed E-state index contributed by atoms with van der Waals surface area (Å²) in [5, 5.41) is 0. The van der Waals surface area contributed by atoms with Crippen LogP contribution in [-0.4, -0.2) is 14.0 Å². The van der Waals surface area contributed by atoms with Gasteiger partial charge in [0.15, 0.2) is 0 Å². The van der Waals surface area contributed by atoms with Gasteiger partial charge in [0.1, 0.15) is 8.07 Å². The lowest BCUT2D eigenvalue weighted by Crippen LogP contribution is -2.17. The second-order valence-corrected chi connectivity index (χ2v) is 9.55. The van der Waals surface area contributed by atoms with Crippen molar-refractivity contribution in [2.75, 3.05) is 0 Å². The fourth-order valence-electron chi connectivity index (χ4n) is 1.24. The molecule has 0 spiro atoms. The van der Waals surface area contributed by atoms with Gasteiger partial charge in [-0.1, -0.05) is 43.8 Å². The van der Waals surface area contributed by atoms with E-state index in [0.717, 1.165) is 11.1 Å². The minimum atomic E-state index is -1.38. The molecule has 0 bridgehead atoms. The number of primary amides is 1. The second-order valence-electron chi connectivity index (χ2n) is 4.80. The van der Waals surface area contributed by atoms with Crippen LogP contribution in [0.5, 0.6) is 0 Å². The zero-order valence-corrected chi connectivity index (χ0v) is 11.0. The maximum Gasteiger partial charge on any atom is 0.221 e. The van der Waals surface area contributed by atoms with Crippen molar-refractivity contribution < 1.29 is 4.79 Å². The van der Waals surface area contributed by atoms with Gasteiger partial charge in [-0.25, -0.2) is 0 Å². The predicted octanol–water partition coefficient (Wildman–Crippen LogP) is 1.94. The van der Waals surface area contributed by atoms with Crippen molar-refractivity contribution in [2.45, 2.75) is 26.1 Å². The Morgan fingerprint density at radius 1 is 1.31 bits per heavy atom. The fourth-order valence-corrected chi connectivity index (χ4v) is 1.75. The van der Waals surface area contributed by atoms with E-state index in [9.17, 15) is 4.79 Å². The molecule has 0 aliphatic heterocycles. The zero-order chi connectivity index (χ0) is 12.2. The molecule has 0 radical (unpaired) electrons. The van der Waals surface area contributed by atoms with Gasteiger partial charge in [-0.15, -0.1) is 5.54 Å². The molecule has 0 aliphatic rings. The topological polar surface area (TPSA) is 43.1 Å². The Labute approximate surface area is 97.9 Å². The Balaban J connectivity index is 3.03. The highest BCUT2D eigenvalue weighted by Gasteiger charge is 2.08. The monoisotopic (exact) mass is 231 g/mol. The molecular formula is C13H17NOSi. The molecular weight excluding hydrogens is 214 g/mol. The van der Waals surface area contributed by atoms with Crippen LogP contribution >= 0.6 is 0 Å². The predicted molar refractivity (Wildman–Crippen MR) is 69.6 cm³/mol. The minimum absolute atomic E-state index is 0.260. The third kappa shape index (κ3) is 4.33. The highest BCUT2D eigenvalue weighted by atomic mass is 28.3. The van der Waals surface area contributed by atoms with Gasteiger partial charge in [0, 0.05) is 5.56 Å². The van der Waals surface area contributed by atoms with Crippen LogP contribution in [0.15, 0.2) is 24.3 Å². The third-order valence-corrected chi connectivity index (χ3v) is 2.83. The van der Waals surface area contributed by atoms with Crippen LogP contribution in [0.3, 0.4) is 0 Å². The summed E-state index contributed by atoms with van der Waals surface area (Å²) in [5.74, 6) is 2.85. The van der Waals surface area contributed by atoms with Crippen molar-refractivity contribution in [3.05, 3.63) is 35.4 Å². The SMILES string of the molecule is C[Si](C)(C)C#Cc1ccccc1CC(N)=O. The molecule has 1 aromatic carbocycles. The lowest BCUT2D eigenvalue weighted by Gasteiger charge is -2.05. The van der Waals surface area contributed by atoms with Gasteiger partial charge in [0.25, 0.3) is 0 Å². The van der Waals surface area contributed by atoms with Crippen molar-refractivity contribution in [1.82, 2.24) is 0 Å². The molecule has 0 atom stereocenters. The first-order valence-corrected chi connectivity index (χ1v) is 8.78. The second kappa shape index (κ2) is 5.00. The molecule has 0 heterocycles. The number of nitrogens with two attached hydrogens (primary N) is 1. The lowest BCUT2D eigenvalue weighted by molar-refractivity contribution is -0.117. The molecule has 0 fully saturated rings. The first-order valence-electron chi connectivity index (χ1n) is 5.28. The Hall–Kier alpha value is -1.53. The lowest BCUT2D eigenvalue weighted by atomic mass is 10.1. The van der Waals surface area contributed by atoms with Gasteiger partial charge in [-0.2, -0.15) is 0 Å². The van der Waals surface area contributed by atoms with Gasteiger partial charge >= 0.3 is 0 Å². The van der Waals surface area contributed by atoms with E-state index in [2.05, 4.69) is 31.1 Å². The largest absolute Gasteiger partial charge is 0.369 e. The van der Waals surface area contributed by atoms with Crippen molar-refractivity contribution in [2.24, 2.45) is 5.73 Å². The Bertz CT molecular complexity index is 449. The van der Waals surface area contributed by atoms with Gasteiger partial charge in [-0.3, -0.25) is 4.79 Å². The summed E-state index contributed by atoms with van der Waals surface area (Å²) >= 11 is 0.